The number of aryl methyl sites for hydroxylation is 1. The summed E-state index contributed by atoms with van der Waals surface area (Å²) in [5, 5.41) is 46.5. The first kappa shape index (κ1) is 76.2. The van der Waals surface area contributed by atoms with Crippen molar-refractivity contribution < 1.29 is 76.8 Å². The maximum absolute atomic E-state index is 14.1. The SMILES string of the molecule is CC(CN1C(=O)CC(SCC(CCCCNC(=O)CCCc2ccc(I)cc2)NC(=O)CN2CCN(CC(=O)O)CCN(CC(=O)O)CCN(CC(=O)O)CC2)C1=O)C(=O)N1CCN(CCCCOc2ccc3nccc(C(=O)NCC(=O)N4CC(F)(F)C[C@@H]4C#N)c3c2)CC1. The number of rotatable bonds is 33. The Morgan fingerprint density at radius 1 is 0.760 bits per heavy atom. The Morgan fingerprint density at radius 3 is 1.99 bits per heavy atom. The van der Waals surface area contributed by atoms with Crippen molar-refractivity contribution in [2.45, 2.75) is 94.4 Å². The fourth-order valence-electron chi connectivity index (χ4n) is 12.0. The molecule has 0 saturated carbocycles. The van der Waals surface area contributed by atoms with Crippen LogP contribution < -0.4 is 20.7 Å². The first-order chi connectivity index (χ1) is 45.9. The van der Waals surface area contributed by atoms with E-state index in [1.54, 1.807) is 50.8 Å². The number of unbranched alkanes of at least 4 members (excludes halogenated alkanes) is 2. The van der Waals surface area contributed by atoms with E-state index in [1.807, 2.05) is 29.2 Å². The fourth-order valence-corrected chi connectivity index (χ4v) is 13.6. The second-order valence-electron chi connectivity index (χ2n) is 24.8. The molecule has 6 N–H and O–H groups in total. The molecule has 0 radical (unpaired) electrons. The van der Waals surface area contributed by atoms with Gasteiger partial charge in [-0.25, -0.2) is 8.78 Å². The van der Waals surface area contributed by atoms with Gasteiger partial charge < -0.3 is 45.8 Å². The number of carboxylic acids is 3. The number of ether oxygens (including phenoxy) is 1. The van der Waals surface area contributed by atoms with Gasteiger partial charge in [0.1, 0.15) is 11.8 Å². The number of carbonyl (C=O) groups is 10. The summed E-state index contributed by atoms with van der Waals surface area (Å²) in [6.45, 7) is 4.51. The Hall–Kier alpha value is -7.22. The van der Waals surface area contributed by atoms with Crippen LogP contribution in [0.25, 0.3) is 10.9 Å². The number of carboxylic acid groups (broad SMARTS) is 3. The highest BCUT2D eigenvalue weighted by molar-refractivity contribution is 14.1. The van der Waals surface area contributed by atoms with Crippen LogP contribution in [0, 0.1) is 20.8 Å². The van der Waals surface area contributed by atoms with E-state index < -0.39 is 90.2 Å². The molecule has 4 aliphatic heterocycles. The molecule has 1 aromatic heterocycles. The highest BCUT2D eigenvalue weighted by Gasteiger charge is 2.47. The number of carbonyl (C=O) groups excluding carboxylic acids is 7. The highest BCUT2D eigenvalue weighted by Crippen LogP contribution is 2.32. The van der Waals surface area contributed by atoms with E-state index in [4.69, 9.17) is 4.74 Å². The van der Waals surface area contributed by atoms with Crippen LogP contribution in [-0.2, 0) is 49.6 Å². The van der Waals surface area contributed by atoms with Crippen molar-refractivity contribution >= 4 is 105 Å². The summed E-state index contributed by atoms with van der Waals surface area (Å²) in [6, 6.07) is 14.7. The van der Waals surface area contributed by atoms with Crippen molar-refractivity contribution in [3.8, 4) is 11.8 Å². The van der Waals surface area contributed by atoms with Crippen LogP contribution in [0.4, 0.5) is 8.78 Å². The lowest BCUT2D eigenvalue weighted by molar-refractivity contribution is -0.143. The lowest BCUT2D eigenvalue weighted by atomic mass is 10.1. The lowest BCUT2D eigenvalue weighted by Crippen LogP contribution is -2.51. The molecule has 4 fully saturated rings. The minimum absolute atomic E-state index is 0.0647. The Labute approximate surface area is 575 Å². The van der Waals surface area contributed by atoms with Crippen LogP contribution in [0.15, 0.2) is 54.7 Å². The highest BCUT2D eigenvalue weighted by atomic mass is 127. The Morgan fingerprint density at radius 2 is 1.38 bits per heavy atom. The number of thioether (sulfide) groups is 1. The monoisotopic (exact) mass is 1470 g/mol. The number of benzene rings is 2. The molecule has 3 unspecified atom stereocenters. The van der Waals surface area contributed by atoms with Crippen molar-refractivity contribution in [2.75, 3.05) is 150 Å². The van der Waals surface area contributed by atoms with Gasteiger partial charge in [0.05, 0.1) is 74.2 Å². The first-order valence-electron chi connectivity index (χ1n) is 32.6. The van der Waals surface area contributed by atoms with Gasteiger partial charge in [-0.05, 0) is 116 Å². The maximum Gasteiger partial charge on any atom is 0.317 e. The zero-order chi connectivity index (χ0) is 69.3. The summed E-state index contributed by atoms with van der Waals surface area (Å²) in [6.07, 6.45) is 5.55. The lowest BCUT2D eigenvalue weighted by Gasteiger charge is -2.36. The van der Waals surface area contributed by atoms with E-state index in [0.29, 0.717) is 94.5 Å². The molecule has 4 saturated heterocycles. The van der Waals surface area contributed by atoms with Crippen molar-refractivity contribution in [1.29, 1.82) is 5.26 Å². The molecule has 3 aromatic rings. The van der Waals surface area contributed by atoms with Gasteiger partial charge >= 0.3 is 17.9 Å². The maximum atomic E-state index is 14.1. The van der Waals surface area contributed by atoms with Crippen LogP contribution >= 0.6 is 34.4 Å². The number of aromatic nitrogens is 1. The Kier molecular flexibility index (Phi) is 30.2. The quantitative estimate of drug-likeness (QED) is 0.0290. The molecule has 4 atom stereocenters. The average molecular weight is 1470 g/mol. The molecule has 5 heterocycles. The molecule has 27 nitrogen and oxygen atoms in total. The predicted molar refractivity (Wildman–Crippen MR) is 359 cm³/mol. The molecule has 0 bridgehead atoms. The molecule has 2 aromatic carbocycles. The molecule has 4 aliphatic rings. The Balaban J connectivity index is 0.865. The van der Waals surface area contributed by atoms with Crippen molar-refractivity contribution in [3.05, 3.63) is 69.4 Å². The van der Waals surface area contributed by atoms with Gasteiger partial charge in [-0.3, -0.25) is 82.3 Å². The summed E-state index contributed by atoms with van der Waals surface area (Å²) < 4.78 is 35.0. The van der Waals surface area contributed by atoms with E-state index >= 15 is 0 Å². The molecule has 524 valence electrons. The van der Waals surface area contributed by atoms with E-state index in [-0.39, 0.29) is 121 Å². The second-order valence-corrected chi connectivity index (χ2v) is 27.3. The molecule has 7 rings (SSSR count). The average Bonchev–Trinajstić information content (AvgIpc) is 1.34. The molecule has 31 heteroatoms. The molecule has 0 aliphatic carbocycles. The summed E-state index contributed by atoms with van der Waals surface area (Å²) in [5.74, 6) is -9.17. The third kappa shape index (κ3) is 25.0. The van der Waals surface area contributed by atoms with Crippen LogP contribution in [0.5, 0.6) is 5.75 Å². The summed E-state index contributed by atoms with van der Waals surface area (Å²) in [4.78, 5) is 147. The predicted octanol–water partition coefficient (Wildman–Crippen LogP) is 2.40. The number of hydrogen-bond donors (Lipinski definition) is 6. The minimum Gasteiger partial charge on any atom is -0.494 e. The summed E-state index contributed by atoms with van der Waals surface area (Å²) in [5.41, 5.74) is 1.85. The zero-order valence-electron chi connectivity index (χ0n) is 54.2. The topological polar surface area (TPSA) is 339 Å². The summed E-state index contributed by atoms with van der Waals surface area (Å²) >= 11 is 3.50. The van der Waals surface area contributed by atoms with Gasteiger partial charge in [-0.1, -0.05) is 19.1 Å². The molecular formula is C65H88F2IN13O14S. The number of nitriles is 1. The number of halogens is 3. The van der Waals surface area contributed by atoms with Crippen molar-refractivity contribution in [1.82, 2.24) is 60.1 Å². The van der Waals surface area contributed by atoms with Gasteiger partial charge in [-0.15, -0.1) is 11.8 Å². The zero-order valence-corrected chi connectivity index (χ0v) is 57.2. The van der Waals surface area contributed by atoms with Crippen LogP contribution in [0.3, 0.4) is 0 Å². The van der Waals surface area contributed by atoms with E-state index in [2.05, 4.69) is 48.4 Å². The van der Waals surface area contributed by atoms with E-state index in [0.717, 1.165) is 38.3 Å². The van der Waals surface area contributed by atoms with Gasteiger partial charge in [0.2, 0.25) is 35.4 Å². The number of piperazine rings is 1. The van der Waals surface area contributed by atoms with E-state index in [1.165, 1.54) is 24.0 Å². The minimum atomic E-state index is -3.19. The summed E-state index contributed by atoms with van der Waals surface area (Å²) in [7, 11) is 0. The second kappa shape index (κ2) is 38.1. The standard InChI is InChI=1S/C65H88F2IN13O14S/c1-45(63(93)79-30-28-74(29-31-79)19-4-5-32-95-50-14-15-53-52(33-50)51(16-18-70-53)62(92)72-37-58(85)81-44-65(66,67)35-49(81)36-69)38-80-57(84)34-54(64(80)94)96-43-48(8-2-3-17-71-55(82)9-6-7-46-10-12-47(68)13-11-46)73-56(83)39-75-20-22-76(40-59(86)87)24-26-78(42-61(90)91)27-25-77(23-21-75)41-60(88)89/h10-16,18,33,45,48-49,54H,2-9,17,19-32,34-35,37-44H2,1H3,(H,71,82)(H,72,92)(H,73,83)(H,86,87)(H,88,89)(H,90,91)/t45?,48?,49-,54?/m1/s1. The van der Waals surface area contributed by atoms with E-state index in [9.17, 15) is 77.3 Å². The fraction of sp³-hybridized carbons (Fsp3) is 0.600. The molecular weight excluding hydrogens is 1380 g/mol. The number of alkyl halides is 2. The van der Waals surface area contributed by atoms with Crippen LogP contribution in [-0.4, -0.2) is 292 Å². The normalized spacial score (nSPS) is 19.4. The smallest absolute Gasteiger partial charge is 0.317 e. The number of fused-ring (bicyclic) bond motifs is 1. The number of aliphatic carboxylic acids is 3. The largest absolute Gasteiger partial charge is 0.494 e. The number of nitrogens with zero attached hydrogens (tertiary/aromatic N) is 10. The first-order valence-corrected chi connectivity index (χ1v) is 34.7. The number of nitrogens with one attached hydrogen (secondary N) is 3. The van der Waals surface area contributed by atoms with Crippen LogP contribution in [0.1, 0.15) is 80.6 Å². The van der Waals surface area contributed by atoms with Gasteiger partial charge in [0.25, 0.3) is 11.8 Å². The van der Waals surface area contributed by atoms with Gasteiger partial charge in [-0.2, -0.15) is 5.26 Å². The van der Waals surface area contributed by atoms with Gasteiger partial charge in [0, 0.05) is 138 Å². The van der Waals surface area contributed by atoms with Crippen LogP contribution in [0.2, 0.25) is 0 Å². The number of likely N-dealkylation sites (tertiary alicyclic amines) is 2. The number of amides is 7. The number of hydrogen-bond acceptors (Lipinski definition) is 19. The molecule has 96 heavy (non-hydrogen) atoms. The van der Waals surface area contributed by atoms with Crippen molar-refractivity contribution in [2.24, 2.45) is 5.92 Å². The number of imide groups is 1. The molecule has 0 spiro atoms. The third-order valence-corrected chi connectivity index (χ3v) is 19.4. The molecule has 7 amide bonds. The third-order valence-electron chi connectivity index (χ3n) is 17.3. The number of pyridine rings is 1. The van der Waals surface area contributed by atoms with Gasteiger partial charge in [0.15, 0.2) is 0 Å². The van der Waals surface area contributed by atoms with Crippen molar-refractivity contribution in [3.63, 3.8) is 0 Å². The Bertz CT molecular complexity index is 3200.